The molecule has 1 aliphatic rings. The van der Waals surface area contributed by atoms with Crippen molar-refractivity contribution in [3.63, 3.8) is 0 Å². The quantitative estimate of drug-likeness (QED) is 0.838. The number of likely N-dealkylation sites (N-methyl/N-ethyl adjacent to an activating group) is 1. The second-order valence-corrected chi connectivity index (χ2v) is 4.97. The van der Waals surface area contributed by atoms with Gasteiger partial charge in [0, 0.05) is 5.92 Å². The molecule has 0 aliphatic heterocycles. The Kier molecular flexibility index (Phi) is 2.85. The van der Waals surface area contributed by atoms with Crippen LogP contribution in [0, 0.1) is 5.92 Å². The number of fused-ring (bicyclic) bond motifs is 1. The van der Waals surface area contributed by atoms with Crippen LogP contribution in [0.25, 0.3) is 0 Å². The first-order valence-corrected chi connectivity index (χ1v) is 5.89. The maximum atomic E-state index is 12.3. The Morgan fingerprint density at radius 1 is 1.25 bits per heavy atom. The van der Waals surface area contributed by atoms with Crippen LogP contribution in [0.5, 0.6) is 0 Å². The third kappa shape index (κ3) is 1.67. The summed E-state index contributed by atoms with van der Waals surface area (Å²) < 4.78 is 0. The number of ketones is 1. The maximum absolute atomic E-state index is 12.3. The van der Waals surface area contributed by atoms with Gasteiger partial charge in [0.15, 0.2) is 5.78 Å². The standard InChI is InChI=1S/C14H19NO/c1-10(2)13(16)14(15-3)8-11-6-4-5-7-12(11)9-14/h4-7,10,15H,8-9H2,1-3H3. The molecule has 0 spiro atoms. The predicted molar refractivity (Wildman–Crippen MR) is 65.5 cm³/mol. The third-order valence-electron chi connectivity index (χ3n) is 3.58. The second-order valence-electron chi connectivity index (χ2n) is 4.97. The predicted octanol–water partition coefficient (Wildman–Crippen LogP) is 1.97. The fourth-order valence-electron chi connectivity index (χ4n) is 2.64. The summed E-state index contributed by atoms with van der Waals surface area (Å²) in [5.74, 6) is 0.410. The highest BCUT2D eigenvalue weighted by Crippen LogP contribution is 2.32. The molecular weight excluding hydrogens is 198 g/mol. The van der Waals surface area contributed by atoms with Gasteiger partial charge in [0.25, 0.3) is 0 Å². The lowest BCUT2D eigenvalue weighted by Gasteiger charge is -2.28. The minimum Gasteiger partial charge on any atom is -0.307 e. The zero-order valence-corrected chi connectivity index (χ0v) is 10.2. The largest absolute Gasteiger partial charge is 0.307 e. The smallest absolute Gasteiger partial charge is 0.156 e. The number of benzene rings is 1. The van der Waals surface area contributed by atoms with Crippen LogP contribution >= 0.6 is 0 Å². The lowest BCUT2D eigenvalue weighted by molar-refractivity contribution is -0.128. The van der Waals surface area contributed by atoms with Crippen LogP contribution in [0.3, 0.4) is 0 Å². The van der Waals surface area contributed by atoms with Crippen LogP contribution in [-0.4, -0.2) is 18.4 Å². The number of Topliss-reactive ketones (excluding diaryl/α,β-unsaturated/α-hetero) is 1. The first-order chi connectivity index (χ1) is 7.59. The van der Waals surface area contributed by atoms with Gasteiger partial charge in [-0.25, -0.2) is 0 Å². The van der Waals surface area contributed by atoms with Crippen molar-refractivity contribution in [3.8, 4) is 0 Å². The van der Waals surface area contributed by atoms with E-state index in [9.17, 15) is 4.79 Å². The molecule has 1 aromatic carbocycles. The van der Waals surface area contributed by atoms with Gasteiger partial charge in [-0.15, -0.1) is 0 Å². The number of nitrogens with one attached hydrogen (secondary N) is 1. The van der Waals surface area contributed by atoms with Gasteiger partial charge < -0.3 is 5.32 Å². The lowest BCUT2D eigenvalue weighted by atomic mass is 9.84. The molecule has 2 nitrogen and oxygen atoms in total. The molecule has 0 unspecified atom stereocenters. The molecule has 2 heteroatoms. The molecule has 0 saturated heterocycles. The van der Waals surface area contributed by atoms with Crippen molar-refractivity contribution in [2.75, 3.05) is 7.05 Å². The SMILES string of the molecule is CNC1(C(=O)C(C)C)Cc2ccccc2C1. The van der Waals surface area contributed by atoms with Crippen molar-refractivity contribution in [1.82, 2.24) is 5.32 Å². The van der Waals surface area contributed by atoms with Crippen molar-refractivity contribution < 1.29 is 4.79 Å². The first-order valence-electron chi connectivity index (χ1n) is 5.89. The molecular formula is C14H19NO. The normalized spacial score (nSPS) is 17.5. The van der Waals surface area contributed by atoms with Crippen molar-refractivity contribution in [3.05, 3.63) is 35.4 Å². The summed E-state index contributed by atoms with van der Waals surface area (Å²) in [5, 5.41) is 3.26. The Morgan fingerprint density at radius 3 is 2.12 bits per heavy atom. The first kappa shape index (κ1) is 11.3. The minimum absolute atomic E-state index is 0.0850. The average Bonchev–Trinajstić information content (AvgIpc) is 2.67. The van der Waals surface area contributed by atoms with E-state index in [1.54, 1.807) is 0 Å². The molecule has 1 aromatic rings. The van der Waals surface area contributed by atoms with E-state index < -0.39 is 0 Å². The van der Waals surface area contributed by atoms with Crippen molar-refractivity contribution in [1.29, 1.82) is 0 Å². The average molecular weight is 217 g/mol. The minimum atomic E-state index is -0.363. The summed E-state index contributed by atoms with van der Waals surface area (Å²) in [6.45, 7) is 3.95. The fourth-order valence-corrected chi connectivity index (χ4v) is 2.64. The van der Waals surface area contributed by atoms with E-state index in [4.69, 9.17) is 0 Å². The van der Waals surface area contributed by atoms with Crippen LogP contribution in [0.4, 0.5) is 0 Å². The summed E-state index contributed by atoms with van der Waals surface area (Å²) in [6.07, 6.45) is 1.66. The summed E-state index contributed by atoms with van der Waals surface area (Å²) in [6, 6.07) is 8.35. The van der Waals surface area contributed by atoms with E-state index in [-0.39, 0.29) is 11.5 Å². The molecule has 16 heavy (non-hydrogen) atoms. The van der Waals surface area contributed by atoms with E-state index in [1.807, 2.05) is 33.0 Å². The van der Waals surface area contributed by atoms with Gasteiger partial charge in [-0.1, -0.05) is 38.1 Å². The Balaban J connectivity index is 2.33. The summed E-state index contributed by atoms with van der Waals surface area (Å²) >= 11 is 0. The summed E-state index contributed by atoms with van der Waals surface area (Å²) in [4.78, 5) is 12.3. The molecule has 0 saturated carbocycles. The van der Waals surface area contributed by atoms with E-state index in [0.717, 1.165) is 12.8 Å². The van der Waals surface area contributed by atoms with Gasteiger partial charge >= 0.3 is 0 Å². The van der Waals surface area contributed by atoms with Crippen molar-refractivity contribution in [2.24, 2.45) is 5.92 Å². The zero-order valence-electron chi connectivity index (χ0n) is 10.2. The molecule has 0 heterocycles. The van der Waals surface area contributed by atoms with E-state index >= 15 is 0 Å². The molecule has 0 fully saturated rings. The molecule has 0 bridgehead atoms. The zero-order chi connectivity index (χ0) is 11.8. The van der Waals surface area contributed by atoms with E-state index in [2.05, 4.69) is 17.4 Å². The van der Waals surface area contributed by atoms with Gasteiger partial charge in [-0.05, 0) is 31.0 Å². The molecule has 0 radical (unpaired) electrons. The Labute approximate surface area is 97.1 Å². The number of rotatable bonds is 3. The molecule has 0 atom stereocenters. The highest BCUT2D eigenvalue weighted by molar-refractivity contribution is 5.91. The van der Waals surface area contributed by atoms with E-state index in [1.165, 1.54) is 11.1 Å². The number of hydrogen-bond acceptors (Lipinski definition) is 2. The van der Waals surface area contributed by atoms with Gasteiger partial charge in [-0.3, -0.25) is 4.79 Å². The Bertz CT molecular complexity index is 384. The summed E-state index contributed by atoms with van der Waals surface area (Å²) in [5.41, 5.74) is 2.26. The summed E-state index contributed by atoms with van der Waals surface area (Å²) in [7, 11) is 1.90. The van der Waals surface area contributed by atoms with Gasteiger partial charge in [0.05, 0.1) is 5.54 Å². The van der Waals surface area contributed by atoms with Crippen LogP contribution < -0.4 is 5.32 Å². The molecule has 2 rings (SSSR count). The molecule has 86 valence electrons. The van der Waals surface area contributed by atoms with Gasteiger partial charge in [-0.2, -0.15) is 0 Å². The Morgan fingerprint density at radius 2 is 1.75 bits per heavy atom. The lowest BCUT2D eigenvalue weighted by Crippen LogP contribution is -2.53. The van der Waals surface area contributed by atoms with Crippen molar-refractivity contribution >= 4 is 5.78 Å². The van der Waals surface area contributed by atoms with Gasteiger partial charge in [0.1, 0.15) is 0 Å². The van der Waals surface area contributed by atoms with Crippen molar-refractivity contribution in [2.45, 2.75) is 32.2 Å². The molecule has 1 aliphatic carbocycles. The Hall–Kier alpha value is -1.15. The highest BCUT2D eigenvalue weighted by atomic mass is 16.1. The van der Waals surface area contributed by atoms with Gasteiger partial charge in [0.2, 0.25) is 0 Å². The molecule has 0 aromatic heterocycles. The second kappa shape index (κ2) is 4.02. The number of carbonyl (C=O) groups excluding carboxylic acids is 1. The maximum Gasteiger partial charge on any atom is 0.156 e. The van der Waals surface area contributed by atoms with Crippen LogP contribution in [0.2, 0.25) is 0 Å². The topological polar surface area (TPSA) is 29.1 Å². The number of carbonyl (C=O) groups is 1. The molecule has 0 amide bonds. The monoisotopic (exact) mass is 217 g/mol. The van der Waals surface area contributed by atoms with Crippen LogP contribution in [-0.2, 0) is 17.6 Å². The van der Waals surface area contributed by atoms with Crippen LogP contribution in [0.15, 0.2) is 24.3 Å². The fraction of sp³-hybridized carbons (Fsp3) is 0.500. The highest BCUT2D eigenvalue weighted by Gasteiger charge is 2.42. The number of hydrogen-bond donors (Lipinski definition) is 1. The third-order valence-corrected chi connectivity index (χ3v) is 3.58. The van der Waals surface area contributed by atoms with E-state index in [0.29, 0.717) is 5.78 Å². The molecule has 1 N–H and O–H groups in total. The van der Waals surface area contributed by atoms with Crippen LogP contribution in [0.1, 0.15) is 25.0 Å².